The van der Waals surface area contributed by atoms with Gasteiger partial charge in [-0.2, -0.15) is 0 Å². The first-order valence-electron chi connectivity index (χ1n) is 8.56. The van der Waals surface area contributed by atoms with Crippen molar-refractivity contribution in [2.75, 3.05) is 37.6 Å². The Morgan fingerprint density at radius 2 is 1.92 bits per heavy atom. The van der Waals surface area contributed by atoms with E-state index in [0.29, 0.717) is 37.1 Å². The number of carbonyl (C=O) groups is 2. The third-order valence-electron chi connectivity index (χ3n) is 5.12. The maximum absolute atomic E-state index is 12.7. The van der Waals surface area contributed by atoms with E-state index in [0.717, 1.165) is 31.7 Å². The van der Waals surface area contributed by atoms with Gasteiger partial charge in [-0.15, -0.1) is 0 Å². The molecular weight excluding hydrogens is 328 g/mol. The van der Waals surface area contributed by atoms with E-state index in [4.69, 9.17) is 11.6 Å². The molecule has 24 heavy (non-hydrogen) atoms. The minimum atomic E-state index is -0.154. The molecule has 6 nitrogen and oxygen atoms in total. The summed E-state index contributed by atoms with van der Waals surface area (Å²) >= 11 is 5.87. The molecule has 2 saturated heterocycles. The van der Waals surface area contributed by atoms with Gasteiger partial charge in [0.15, 0.2) is 0 Å². The first-order chi connectivity index (χ1) is 11.6. The maximum Gasteiger partial charge on any atom is 0.228 e. The second-order valence-corrected chi connectivity index (χ2v) is 7.26. The number of amides is 2. The third-order valence-corrected chi connectivity index (χ3v) is 5.35. The van der Waals surface area contributed by atoms with Crippen LogP contribution in [0.2, 0.25) is 5.02 Å². The minimum Gasteiger partial charge on any atom is -0.353 e. The summed E-state index contributed by atoms with van der Waals surface area (Å²) in [5.41, 5.74) is 0. The summed E-state index contributed by atoms with van der Waals surface area (Å²) in [6.45, 7) is 3.48. The molecule has 0 bridgehead atoms. The molecule has 1 aromatic heterocycles. The van der Waals surface area contributed by atoms with Gasteiger partial charge in [0.25, 0.3) is 0 Å². The Labute approximate surface area is 146 Å². The van der Waals surface area contributed by atoms with Crippen LogP contribution >= 0.6 is 11.6 Å². The second kappa shape index (κ2) is 6.24. The molecule has 0 N–H and O–H groups in total. The fourth-order valence-corrected chi connectivity index (χ4v) is 3.72. The molecule has 7 heteroatoms. The van der Waals surface area contributed by atoms with Crippen LogP contribution in [0.4, 0.5) is 5.82 Å². The van der Waals surface area contributed by atoms with Crippen LogP contribution in [0, 0.1) is 5.92 Å². The average Bonchev–Trinajstić information content (AvgIpc) is 3.37. The number of carbonyl (C=O) groups excluding carboxylic acids is 2. The van der Waals surface area contributed by atoms with Gasteiger partial charge >= 0.3 is 0 Å². The van der Waals surface area contributed by atoms with Crippen molar-refractivity contribution < 1.29 is 9.59 Å². The van der Waals surface area contributed by atoms with Crippen molar-refractivity contribution in [3.8, 4) is 0 Å². The van der Waals surface area contributed by atoms with Crippen molar-refractivity contribution in [1.82, 2.24) is 14.8 Å². The standard InChI is InChI=1S/C17H21ClN4O2/c18-13-1-4-15(19-10-13)20-5-7-21(8-6-20)17(24)12-9-16(23)22(11-12)14-2-3-14/h1,4,10,12,14H,2-3,5-9,11H2/t12-/m0/s1. The highest BCUT2D eigenvalue weighted by Gasteiger charge is 2.43. The zero-order valence-electron chi connectivity index (χ0n) is 13.5. The van der Waals surface area contributed by atoms with Crippen LogP contribution in [0.1, 0.15) is 19.3 Å². The first kappa shape index (κ1) is 15.7. The average molecular weight is 349 g/mol. The van der Waals surface area contributed by atoms with Crippen LogP contribution in [-0.2, 0) is 9.59 Å². The number of anilines is 1. The fraction of sp³-hybridized carbons (Fsp3) is 0.588. The van der Waals surface area contributed by atoms with E-state index < -0.39 is 0 Å². The molecular formula is C17H21ClN4O2. The van der Waals surface area contributed by atoms with Gasteiger partial charge in [0, 0.05) is 51.4 Å². The first-order valence-corrected chi connectivity index (χ1v) is 8.94. The Bertz CT molecular complexity index is 638. The second-order valence-electron chi connectivity index (χ2n) is 6.83. The zero-order valence-corrected chi connectivity index (χ0v) is 14.3. The molecule has 1 aliphatic carbocycles. The Hall–Kier alpha value is -1.82. The van der Waals surface area contributed by atoms with E-state index in [1.807, 2.05) is 21.9 Å². The molecule has 1 atom stereocenters. The molecule has 0 spiro atoms. The highest BCUT2D eigenvalue weighted by Crippen LogP contribution is 2.33. The smallest absolute Gasteiger partial charge is 0.228 e. The van der Waals surface area contributed by atoms with Gasteiger partial charge in [-0.05, 0) is 25.0 Å². The van der Waals surface area contributed by atoms with Crippen LogP contribution in [-0.4, -0.2) is 65.4 Å². The summed E-state index contributed by atoms with van der Waals surface area (Å²) in [5.74, 6) is 1.02. The van der Waals surface area contributed by atoms with Crippen molar-refractivity contribution in [2.45, 2.75) is 25.3 Å². The van der Waals surface area contributed by atoms with Crippen LogP contribution < -0.4 is 4.90 Å². The molecule has 3 heterocycles. The molecule has 1 aromatic rings. The summed E-state index contributed by atoms with van der Waals surface area (Å²) < 4.78 is 0. The molecule has 2 amide bonds. The lowest BCUT2D eigenvalue weighted by Gasteiger charge is -2.36. The molecule has 0 unspecified atom stereocenters. The van der Waals surface area contributed by atoms with E-state index in [1.54, 1.807) is 6.20 Å². The number of aromatic nitrogens is 1. The quantitative estimate of drug-likeness (QED) is 0.828. The largest absolute Gasteiger partial charge is 0.353 e. The van der Waals surface area contributed by atoms with E-state index >= 15 is 0 Å². The lowest BCUT2D eigenvalue weighted by Crippen LogP contribution is -2.51. The summed E-state index contributed by atoms with van der Waals surface area (Å²) in [6, 6.07) is 4.14. The fourth-order valence-electron chi connectivity index (χ4n) is 3.61. The Morgan fingerprint density at radius 1 is 1.17 bits per heavy atom. The van der Waals surface area contributed by atoms with Gasteiger partial charge in [-0.1, -0.05) is 11.6 Å². The molecule has 3 fully saturated rings. The van der Waals surface area contributed by atoms with Gasteiger partial charge in [-0.3, -0.25) is 9.59 Å². The maximum atomic E-state index is 12.7. The Morgan fingerprint density at radius 3 is 2.54 bits per heavy atom. The zero-order chi connectivity index (χ0) is 16.7. The number of halogens is 1. The summed E-state index contributed by atoms with van der Waals surface area (Å²) in [4.78, 5) is 35.1. The molecule has 4 rings (SSSR count). The van der Waals surface area contributed by atoms with Crippen LogP contribution in [0.3, 0.4) is 0 Å². The molecule has 3 aliphatic rings. The number of likely N-dealkylation sites (tertiary alicyclic amines) is 1. The molecule has 0 aromatic carbocycles. The summed E-state index contributed by atoms with van der Waals surface area (Å²) in [6.07, 6.45) is 4.22. The SMILES string of the molecule is O=C([C@H]1CC(=O)N(C2CC2)C1)N1CCN(c2ccc(Cl)cn2)CC1. The predicted molar refractivity (Wildman–Crippen MR) is 90.9 cm³/mol. The minimum absolute atomic E-state index is 0.134. The number of nitrogens with zero attached hydrogens (tertiary/aromatic N) is 4. The number of pyridine rings is 1. The number of hydrogen-bond donors (Lipinski definition) is 0. The third kappa shape index (κ3) is 3.07. The highest BCUT2D eigenvalue weighted by atomic mass is 35.5. The van der Waals surface area contributed by atoms with E-state index in [9.17, 15) is 9.59 Å². The van der Waals surface area contributed by atoms with Crippen LogP contribution in [0.25, 0.3) is 0 Å². The Kier molecular flexibility index (Phi) is 4.08. The van der Waals surface area contributed by atoms with Crippen molar-refractivity contribution in [3.05, 3.63) is 23.4 Å². The molecule has 1 saturated carbocycles. The van der Waals surface area contributed by atoms with Gasteiger partial charge in [0.1, 0.15) is 5.82 Å². The van der Waals surface area contributed by atoms with Crippen molar-refractivity contribution in [3.63, 3.8) is 0 Å². The van der Waals surface area contributed by atoms with Gasteiger partial charge in [0.2, 0.25) is 11.8 Å². The lowest BCUT2D eigenvalue weighted by molar-refractivity contribution is -0.136. The molecule has 128 valence electrons. The van der Waals surface area contributed by atoms with E-state index in [-0.39, 0.29) is 17.7 Å². The topological polar surface area (TPSA) is 56.8 Å². The number of piperazine rings is 1. The predicted octanol–water partition coefficient (Wildman–Crippen LogP) is 1.39. The normalized spacial score (nSPS) is 24.6. The molecule has 0 radical (unpaired) electrons. The van der Waals surface area contributed by atoms with Crippen molar-refractivity contribution >= 4 is 29.2 Å². The summed E-state index contributed by atoms with van der Waals surface area (Å²) in [7, 11) is 0. The summed E-state index contributed by atoms with van der Waals surface area (Å²) in [5, 5.41) is 0.624. The monoisotopic (exact) mass is 348 g/mol. The van der Waals surface area contributed by atoms with Gasteiger partial charge in [0.05, 0.1) is 10.9 Å². The van der Waals surface area contributed by atoms with Gasteiger partial charge in [-0.25, -0.2) is 4.98 Å². The highest BCUT2D eigenvalue weighted by molar-refractivity contribution is 6.30. The van der Waals surface area contributed by atoms with Gasteiger partial charge < -0.3 is 14.7 Å². The Balaban J connectivity index is 1.33. The van der Waals surface area contributed by atoms with E-state index in [1.165, 1.54) is 0 Å². The van der Waals surface area contributed by atoms with Crippen LogP contribution in [0.15, 0.2) is 18.3 Å². The van der Waals surface area contributed by atoms with Crippen molar-refractivity contribution in [2.24, 2.45) is 5.92 Å². The lowest BCUT2D eigenvalue weighted by atomic mass is 10.1. The number of hydrogen-bond acceptors (Lipinski definition) is 4. The van der Waals surface area contributed by atoms with Crippen molar-refractivity contribution in [1.29, 1.82) is 0 Å². The number of rotatable bonds is 3. The molecule has 2 aliphatic heterocycles. The van der Waals surface area contributed by atoms with E-state index in [2.05, 4.69) is 9.88 Å². The van der Waals surface area contributed by atoms with Crippen LogP contribution in [0.5, 0.6) is 0 Å².